The molecular weight excluding hydrogens is 236 g/mol. The molecular formula is C12H24N2S2. The van der Waals surface area contributed by atoms with Crippen LogP contribution in [0.4, 0.5) is 0 Å². The SMILES string of the molecule is CCC1CN(C2(CN)CCCSC2)CCS1. The molecule has 0 radical (unpaired) electrons. The summed E-state index contributed by atoms with van der Waals surface area (Å²) in [6, 6.07) is 0. The average Bonchev–Trinajstić information content (AvgIpc) is 2.39. The Hall–Kier alpha value is 0.620. The molecule has 0 saturated carbocycles. The third-order valence-corrected chi connectivity index (χ3v) is 6.64. The molecule has 0 spiro atoms. The van der Waals surface area contributed by atoms with Gasteiger partial charge >= 0.3 is 0 Å². The fourth-order valence-corrected chi connectivity index (χ4v) is 5.27. The number of nitrogens with zero attached hydrogens (tertiary/aromatic N) is 1. The van der Waals surface area contributed by atoms with Crippen molar-refractivity contribution < 1.29 is 0 Å². The van der Waals surface area contributed by atoms with Crippen LogP contribution in [0.1, 0.15) is 26.2 Å². The number of rotatable bonds is 3. The molecule has 2 heterocycles. The lowest BCUT2D eigenvalue weighted by Crippen LogP contribution is -2.60. The van der Waals surface area contributed by atoms with Gasteiger partial charge in [-0.1, -0.05) is 6.92 Å². The highest BCUT2D eigenvalue weighted by Gasteiger charge is 2.39. The predicted molar refractivity (Wildman–Crippen MR) is 76.5 cm³/mol. The maximum Gasteiger partial charge on any atom is 0.0422 e. The molecule has 2 aliphatic rings. The average molecular weight is 260 g/mol. The Balaban J connectivity index is 2.01. The molecule has 2 aliphatic heterocycles. The highest BCUT2D eigenvalue weighted by molar-refractivity contribution is 8.00. The molecule has 2 N–H and O–H groups in total. The van der Waals surface area contributed by atoms with Gasteiger partial charge in [-0.15, -0.1) is 0 Å². The maximum atomic E-state index is 6.09. The first-order valence-electron chi connectivity index (χ1n) is 6.45. The number of nitrogens with two attached hydrogens (primary N) is 1. The normalized spacial score (nSPS) is 37.5. The quantitative estimate of drug-likeness (QED) is 0.841. The van der Waals surface area contributed by atoms with Crippen LogP contribution in [0.3, 0.4) is 0 Å². The minimum Gasteiger partial charge on any atom is -0.329 e. The van der Waals surface area contributed by atoms with E-state index in [0.29, 0.717) is 5.54 Å². The van der Waals surface area contributed by atoms with E-state index < -0.39 is 0 Å². The van der Waals surface area contributed by atoms with E-state index in [0.717, 1.165) is 11.8 Å². The van der Waals surface area contributed by atoms with Gasteiger partial charge in [0.05, 0.1) is 0 Å². The summed E-state index contributed by atoms with van der Waals surface area (Å²) in [4.78, 5) is 2.71. The fraction of sp³-hybridized carbons (Fsp3) is 1.00. The topological polar surface area (TPSA) is 29.3 Å². The van der Waals surface area contributed by atoms with Crippen molar-refractivity contribution in [3.8, 4) is 0 Å². The zero-order chi connectivity index (χ0) is 11.4. The van der Waals surface area contributed by atoms with Crippen LogP contribution in [0.2, 0.25) is 0 Å². The molecule has 0 aromatic heterocycles. The monoisotopic (exact) mass is 260 g/mol. The summed E-state index contributed by atoms with van der Waals surface area (Å²) in [5.74, 6) is 3.89. The summed E-state index contributed by atoms with van der Waals surface area (Å²) in [7, 11) is 0. The molecule has 94 valence electrons. The third-order valence-electron chi connectivity index (χ3n) is 3.95. The second-order valence-electron chi connectivity index (χ2n) is 4.93. The predicted octanol–water partition coefficient (Wildman–Crippen LogP) is 2.04. The minimum absolute atomic E-state index is 0.331. The molecule has 2 atom stereocenters. The minimum atomic E-state index is 0.331. The molecule has 0 aromatic rings. The van der Waals surface area contributed by atoms with Crippen LogP contribution in [0.5, 0.6) is 0 Å². The fourth-order valence-electron chi connectivity index (χ4n) is 2.77. The van der Waals surface area contributed by atoms with E-state index in [9.17, 15) is 0 Å². The van der Waals surface area contributed by atoms with Gasteiger partial charge in [-0.05, 0) is 25.0 Å². The Kier molecular flexibility index (Phi) is 4.89. The first kappa shape index (κ1) is 13.1. The summed E-state index contributed by atoms with van der Waals surface area (Å²) in [6.45, 7) is 5.67. The van der Waals surface area contributed by atoms with Crippen molar-refractivity contribution in [2.45, 2.75) is 37.0 Å². The summed E-state index contributed by atoms with van der Waals surface area (Å²) < 4.78 is 0. The lowest BCUT2D eigenvalue weighted by atomic mass is 9.92. The first-order chi connectivity index (χ1) is 7.80. The van der Waals surface area contributed by atoms with Crippen molar-refractivity contribution in [3.63, 3.8) is 0 Å². The molecule has 0 aliphatic carbocycles. The lowest BCUT2D eigenvalue weighted by molar-refractivity contribution is 0.106. The summed E-state index contributed by atoms with van der Waals surface area (Å²) >= 11 is 4.25. The summed E-state index contributed by atoms with van der Waals surface area (Å²) in [6.07, 6.45) is 3.97. The van der Waals surface area contributed by atoms with Crippen LogP contribution in [0, 0.1) is 0 Å². The number of hydrogen-bond acceptors (Lipinski definition) is 4. The first-order valence-corrected chi connectivity index (χ1v) is 8.65. The second kappa shape index (κ2) is 5.98. The van der Waals surface area contributed by atoms with Crippen LogP contribution in [-0.2, 0) is 0 Å². The van der Waals surface area contributed by atoms with E-state index >= 15 is 0 Å². The molecule has 0 aromatic carbocycles. The Morgan fingerprint density at radius 3 is 2.94 bits per heavy atom. The Morgan fingerprint density at radius 2 is 2.31 bits per heavy atom. The molecule has 2 nitrogen and oxygen atoms in total. The van der Waals surface area contributed by atoms with E-state index in [2.05, 4.69) is 35.3 Å². The molecule has 0 bridgehead atoms. The molecule has 0 amide bonds. The largest absolute Gasteiger partial charge is 0.329 e. The van der Waals surface area contributed by atoms with Crippen LogP contribution in [-0.4, -0.2) is 52.6 Å². The number of hydrogen-bond donors (Lipinski definition) is 1. The van der Waals surface area contributed by atoms with E-state index in [1.807, 2.05) is 0 Å². The van der Waals surface area contributed by atoms with Crippen molar-refractivity contribution in [2.24, 2.45) is 5.73 Å². The zero-order valence-electron chi connectivity index (χ0n) is 10.3. The van der Waals surface area contributed by atoms with Gasteiger partial charge < -0.3 is 5.73 Å². The highest BCUT2D eigenvalue weighted by Crippen LogP contribution is 2.34. The van der Waals surface area contributed by atoms with Gasteiger partial charge in [0.15, 0.2) is 0 Å². The van der Waals surface area contributed by atoms with Crippen molar-refractivity contribution in [1.82, 2.24) is 4.90 Å². The lowest BCUT2D eigenvalue weighted by Gasteiger charge is -2.48. The van der Waals surface area contributed by atoms with E-state index in [1.165, 1.54) is 49.6 Å². The number of thioether (sulfide) groups is 2. The molecule has 4 heteroatoms. The zero-order valence-corrected chi connectivity index (χ0v) is 11.9. The molecule has 2 rings (SSSR count). The Morgan fingerprint density at radius 1 is 1.44 bits per heavy atom. The molecule has 2 saturated heterocycles. The van der Waals surface area contributed by atoms with Crippen molar-refractivity contribution >= 4 is 23.5 Å². The van der Waals surface area contributed by atoms with E-state index in [4.69, 9.17) is 5.73 Å². The van der Waals surface area contributed by atoms with Gasteiger partial charge in [0.25, 0.3) is 0 Å². The summed E-state index contributed by atoms with van der Waals surface area (Å²) in [5, 5.41) is 0.837. The smallest absolute Gasteiger partial charge is 0.0422 e. The molecule has 16 heavy (non-hydrogen) atoms. The van der Waals surface area contributed by atoms with Gasteiger partial charge in [-0.3, -0.25) is 4.90 Å². The van der Waals surface area contributed by atoms with Gasteiger partial charge in [0.2, 0.25) is 0 Å². The van der Waals surface area contributed by atoms with Crippen molar-refractivity contribution in [2.75, 3.05) is 36.9 Å². The van der Waals surface area contributed by atoms with Crippen LogP contribution >= 0.6 is 23.5 Å². The van der Waals surface area contributed by atoms with E-state index in [-0.39, 0.29) is 0 Å². The van der Waals surface area contributed by atoms with Gasteiger partial charge in [0, 0.05) is 41.9 Å². The molecule has 2 fully saturated rings. The maximum absolute atomic E-state index is 6.09. The van der Waals surface area contributed by atoms with Crippen LogP contribution < -0.4 is 5.73 Å². The Labute approximate surface area is 108 Å². The van der Waals surface area contributed by atoms with Gasteiger partial charge in [-0.25, -0.2) is 0 Å². The van der Waals surface area contributed by atoms with Crippen molar-refractivity contribution in [3.05, 3.63) is 0 Å². The van der Waals surface area contributed by atoms with Gasteiger partial charge in [-0.2, -0.15) is 23.5 Å². The standard InChI is InChI=1S/C12H24N2S2/c1-2-11-8-14(5-7-16-11)12(9-13)4-3-6-15-10-12/h11H,2-10,13H2,1H3. The van der Waals surface area contributed by atoms with Crippen LogP contribution in [0.15, 0.2) is 0 Å². The van der Waals surface area contributed by atoms with E-state index in [1.54, 1.807) is 0 Å². The summed E-state index contributed by atoms with van der Waals surface area (Å²) in [5.41, 5.74) is 6.42. The van der Waals surface area contributed by atoms with Crippen LogP contribution in [0.25, 0.3) is 0 Å². The van der Waals surface area contributed by atoms with Gasteiger partial charge in [0.1, 0.15) is 0 Å². The Bertz CT molecular complexity index is 217. The third kappa shape index (κ3) is 2.71. The molecule has 2 unspecified atom stereocenters. The van der Waals surface area contributed by atoms with Crippen molar-refractivity contribution in [1.29, 1.82) is 0 Å². The second-order valence-corrected chi connectivity index (χ2v) is 7.45. The highest BCUT2D eigenvalue weighted by atomic mass is 32.2.